The molecule has 0 aliphatic carbocycles. The molecular formula is C16H18FN3O2. The Morgan fingerprint density at radius 1 is 1.27 bits per heavy atom. The number of hydrogen-bond donors (Lipinski definition) is 0. The van der Waals surface area contributed by atoms with E-state index >= 15 is 0 Å². The number of benzene rings is 1. The molecule has 5 nitrogen and oxygen atoms in total. The number of morpholine rings is 1. The summed E-state index contributed by atoms with van der Waals surface area (Å²) in [4.78, 5) is 10.6. The van der Waals surface area contributed by atoms with Crippen LogP contribution in [0.1, 0.15) is 11.8 Å². The normalized spacial score (nSPS) is 19.0. The van der Waals surface area contributed by atoms with Crippen molar-refractivity contribution in [1.29, 1.82) is 0 Å². The van der Waals surface area contributed by atoms with E-state index < -0.39 is 0 Å². The zero-order chi connectivity index (χ0) is 15.2. The molecule has 1 aromatic carbocycles. The molecule has 2 heterocycles. The maximum atomic E-state index is 12.8. The summed E-state index contributed by atoms with van der Waals surface area (Å²) in [6.45, 7) is 3.64. The lowest BCUT2D eigenvalue weighted by Gasteiger charge is -2.32. The molecular weight excluding hydrogens is 285 g/mol. The molecule has 1 atom stereocenters. The smallest absolute Gasteiger partial charge is 0.123 e. The maximum absolute atomic E-state index is 12.8. The molecule has 2 aromatic rings. The Morgan fingerprint density at radius 2 is 2.14 bits per heavy atom. The first kappa shape index (κ1) is 14.9. The van der Waals surface area contributed by atoms with Crippen LogP contribution in [0.2, 0.25) is 0 Å². The topological polar surface area (TPSA) is 47.5 Å². The highest BCUT2D eigenvalue weighted by Gasteiger charge is 2.22. The highest BCUT2D eigenvalue weighted by molar-refractivity contribution is 5.21. The number of halogens is 1. The van der Waals surface area contributed by atoms with E-state index in [2.05, 4.69) is 14.9 Å². The summed E-state index contributed by atoms with van der Waals surface area (Å²) in [6, 6.07) is 6.07. The van der Waals surface area contributed by atoms with Gasteiger partial charge in [-0.2, -0.15) is 0 Å². The van der Waals surface area contributed by atoms with Gasteiger partial charge < -0.3 is 9.47 Å². The molecule has 1 aliphatic rings. The Labute approximate surface area is 128 Å². The van der Waals surface area contributed by atoms with Crippen molar-refractivity contribution in [2.75, 3.05) is 32.8 Å². The minimum atomic E-state index is -0.257. The van der Waals surface area contributed by atoms with E-state index in [9.17, 15) is 4.39 Å². The Kier molecular flexibility index (Phi) is 4.92. The summed E-state index contributed by atoms with van der Waals surface area (Å²) >= 11 is 0. The number of aromatic nitrogens is 2. The van der Waals surface area contributed by atoms with E-state index in [1.54, 1.807) is 30.7 Å². The van der Waals surface area contributed by atoms with Crippen molar-refractivity contribution in [3.8, 4) is 5.75 Å². The minimum Gasteiger partial charge on any atom is -0.492 e. The van der Waals surface area contributed by atoms with Crippen LogP contribution in [-0.4, -0.2) is 47.7 Å². The van der Waals surface area contributed by atoms with Gasteiger partial charge in [-0.05, 0) is 24.3 Å². The highest BCUT2D eigenvalue weighted by Crippen LogP contribution is 2.19. The van der Waals surface area contributed by atoms with Gasteiger partial charge in [0.25, 0.3) is 0 Å². The van der Waals surface area contributed by atoms with E-state index in [1.165, 1.54) is 12.1 Å². The van der Waals surface area contributed by atoms with Crippen molar-refractivity contribution in [3.05, 3.63) is 54.4 Å². The summed E-state index contributed by atoms with van der Waals surface area (Å²) in [5, 5.41) is 0. The van der Waals surface area contributed by atoms with Crippen molar-refractivity contribution >= 4 is 0 Å². The monoisotopic (exact) mass is 303 g/mol. The van der Waals surface area contributed by atoms with E-state index in [4.69, 9.17) is 9.47 Å². The molecule has 116 valence electrons. The van der Waals surface area contributed by atoms with Gasteiger partial charge >= 0.3 is 0 Å². The highest BCUT2D eigenvalue weighted by atomic mass is 19.1. The van der Waals surface area contributed by atoms with Crippen LogP contribution in [-0.2, 0) is 4.74 Å². The first-order valence-corrected chi connectivity index (χ1v) is 7.29. The number of nitrogens with zero attached hydrogens (tertiary/aromatic N) is 3. The van der Waals surface area contributed by atoms with Crippen LogP contribution in [0.5, 0.6) is 5.75 Å². The molecule has 3 rings (SSSR count). The fourth-order valence-electron chi connectivity index (χ4n) is 2.38. The van der Waals surface area contributed by atoms with Gasteiger partial charge in [0.05, 0.1) is 18.5 Å². The zero-order valence-electron chi connectivity index (χ0n) is 12.2. The van der Waals surface area contributed by atoms with Crippen LogP contribution in [0.4, 0.5) is 4.39 Å². The fraction of sp³-hybridized carbons (Fsp3) is 0.375. The second kappa shape index (κ2) is 7.29. The largest absolute Gasteiger partial charge is 0.492 e. The third-order valence-electron chi connectivity index (χ3n) is 3.55. The molecule has 1 fully saturated rings. The molecule has 0 bridgehead atoms. The van der Waals surface area contributed by atoms with Crippen molar-refractivity contribution in [1.82, 2.24) is 14.9 Å². The minimum absolute atomic E-state index is 0.0479. The summed E-state index contributed by atoms with van der Waals surface area (Å²) in [5.41, 5.74) is 0.853. The summed E-state index contributed by atoms with van der Waals surface area (Å²) in [7, 11) is 0. The summed E-state index contributed by atoms with van der Waals surface area (Å²) in [5.74, 6) is 0.424. The Morgan fingerprint density at radius 3 is 2.91 bits per heavy atom. The Hall–Kier alpha value is -2.05. The lowest BCUT2D eigenvalue weighted by atomic mass is 10.2. The average molecular weight is 303 g/mol. The lowest BCUT2D eigenvalue weighted by Crippen LogP contribution is -2.40. The molecule has 6 heteroatoms. The molecule has 0 spiro atoms. The first-order chi connectivity index (χ1) is 10.8. The standard InChI is InChI=1S/C16H18FN3O2/c17-13-1-3-14(4-2-13)21-9-7-20-8-10-22-16(12-20)15-11-18-5-6-19-15/h1-6,11,16H,7-10,12H2. The molecule has 1 aromatic heterocycles. The molecule has 0 radical (unpaired) electrons. The van der Waals surface area contributed by atoms with Crippen LogP contribution < -0.4 is 4.74 Å². The van der Waals surface area contributed by atoms with Crippen molar-refractivity contribution in [3.63, 3.8) is 0 Å². The van der Waals surface area contributed by atoms with Gasteiger partial charge in [-0.25, -0.2) is 4.39 Å². The maximum Gasteiger partial charge on any atom is 0.123 e. The van der Waals surface area contributed by atoms with E-state index in [0.29, 0.717) is 19.0 Å². The van der Waals surface area contributed by atoms with Crippen molar-refractivity contribution < 1.29 is 13.9 Å². The third kappa shape index (κ3) is 3.99. The lowest BCUT2D eigenvalue weighted by molar-refractivity contribution is -0.0351. The SMILES string of the molecule is Fc1ccc(OCCN2CCOC(c3cnccn3)C2)cc1. The van der Waals surface area contributed by atoms with Gasteiger partial charge in [0, 0.05) is 32.0 Å². The van der Waals surface area contributed by atoms with E-state index in [1.807, 2.05) is 0 Å². The van der Waals surface area contributed by atoms with Crippen LogP contribution in [0.15, 0.2) is 42.9 Å². The molecule has 22 heavy (non-hydrogen) atoms. The van der Waals surface area contributed by atoms with Crippen molar-refractivity contribution in [2.24, 2.45) is 0 Å². The van der Waals surface area contributed by atoms with Gasteiger partial charge in [0.2, 0.25) is 0 Å². The van der Waals surface area contributed by atoms with Gasteiger partial charge in [-0.1, -0.05) is 0 Å². The predicted octanol–water partition coefficient (Wildman–Crippen LogP) is 2.07. The number of rotatable bonds is 5. The van der Waals surface area contributed by atoms with Crippen molar-refractivity contribution in [2.45, 2.75) is 6.10 Å². The third-order valence-corrected chi connectivity index (χ3v) is 3.55. The van der Waals surface area contributed by atoms with Gasteiger partial charge in [0.15, 0.2) is 0 Å². The van der Waals surface area contributed by atoms with E-state index in [0.717, 1.165) is 25.3 Å². The van der Waals surface area contributed by atoms with Crippen LogP contribution in [0, 0.1) is 5.82 Å². The fourth-order valence-corrected chi connectivity index (χ4v) is 2.38. The van der Waals surface area contributed by atoms with Crippen LogP contribution in [0.3, 0.4) is 0 Å². The predicted molar refractivity (Wildman–Crippen MR) is 79.1 cm³/mol. The molecule has 0 saturated carbocycles. The Bertz CT molecular complexity index is 580. The van der Waals surface area contributed by atoms with Crippen LogP contribution >= 0.6 is 0 Å². The molecule has 0 amide bonds. The van der Waals surface area contributed by atoms with Crippen LogP contribution in [0.25, 0.3) is 0 Å². The Balaban J connectivity index is 1.47. The van der Waals surface area contributed by atoms with Gasteiger partial charge in [-0.15, -0.1) is 0 Å². The first-order valence-electron chi connectivity index (χ1n) is 7.29. The molecule has 1 saturated heterocycles. The number of hydrogen-bond acceptors (Lipinski definition) is 5. The molecule has 1 aliphatic heterocycles. The van der Waals surface area contributed by atoms with Gasteiger partial charge in [-0.3, -0.25) is 14.9 Å². The average Bonchev–Trinajstić information content (AvgIpc) is 2.58. The summed E-state index contributed by atoms with van der Waals surface area (Å²) < 4.78 is 24.2. The molecule has 1 unspecified atom stereocenters. The second-order valence-electron chi connectivity index (χ2n) is 5.09. The zero-order valence-corrected chi connectivity index (χ0v) is 12.2. The number of ether oxygens (including phenoxy) is 2. The second-order valence-corrected chi connectivity index (χ2v) is 5.09. The quantitative estimate of drug-likeness (QED) is 0.846. The van der Waals surface area contributed by atoms with E-state index in [-0.39, 0.29) is 11.9 Å². The summed E-state index contributed by atoms with van der Waals surface area (Å²) in [6.07, 6.45) is 5.02. The van der Waals surface area contributed by atoms with Gasteiger partial charge in [0.1, 0.15) is 24.3 Å². The molecule has 0 N–H and O–H groups in total.